The summed E-state index contributed by atoms with van der Waals surface area (Å²) in [6, 6.07) is 15.6. The van der Waals surface area contributed by atoms with Crippen molar-refractivity contribution in [3.8, 4) is 5.75 Å². The lowest BCUT2D eigenvalue weighted by Gasteiger charge is -2.26. The van der Waals surface area contributed by atoms with Gasteiger partial charge in [0.1, 0.15) is 17.1 Å². The molecule has 0 radical (unpaired) electrons. The van der Waals surface area contributed by atoms with Gasteiger partial charge in [-0.2, -0.15) is 0 Å². The van der Waals surface area contributed by atoms with Crippen LogP contribution in [0.4, 0.5) is 9.18 Å². The number of nitrogens with one attached hydrogen (secondary N) is 1. The number of carbonyl (C=O) groups is 3. The number of ether oxygens (including phenoxy) is 1. The molecule has 1 saturated heterocycles. The first kappa shape index (κ1) is 19.3. The Kier molecular flexibility index (Phi) is 5.02. The molecule has 3 aromatic carbocycles. The third-order valence-corrected chi connectivity index (χ3v) is 4.88. The molecule has 1 fully saturated rings. The van der Waals surface area contributed by atoms with E-state index in [0.717, 1.165) is 15.7 Å². The standard InChI is InChI=1S/C23H17FN2O4/c1-30-20-11-8-15(17-4-2-3-5-18(17)20)12-19-21(27)25-23(29)26(22(19)28)13-14-6-9-16(24)10-7-14/h2-12H,13H2,1H3,(H,25,27,29). The van der Waals surface area contributed by atoms with E-state index in [1.165, 1.54) is 30.3 Å². The number of fused-ring (bicyclic) bond motifs is 1. The van der Waals surface area contributed by atoms with Gasteiger partial charge in [-0.1, -0.05) is 42.5 Å². The zero-order valence-corrected chi connectivity index (χ0v) is 16.0. The molecule has 3 aromatic rings. The molecule has 4 rings (SSSR count). The number of carbonyl (C=O) groups excluding carboxylic acids is 3. The van der Waals surface area contributed by atoms with Crippen molar-refractivity contribution >= 4 is 34.7 Å². The lowest BCUT2D eigenvalue weighted by molar-refractivity contribution is -0.130. The molecular weight excluding hydrogens is 387 g/mol. The van der Waals surface area contributed by atoms with E-state index in [0.29, 0.717) is 16.9 Å². The molecule has 1 aliphatic rings. The van der Waals surface area contributed by atoms with E-state index in [4.69, 9.17) is 4.74 Å². The van der Waals surface area contributed by atoms with Crippen molar-refractivity contribution in [3.63, 3.8) is 0 Å². The Balaban J connectivity index is 1.73. The van der Waals surface area contributed by atoms with E-state index >= 15 is 0 Å². The molecule has 0 aromatic heterocycles. The summed E-state index contributed by atoms with van der Waals surface area (Å²) in [7, 11) is 1.57. The first-order valence-corrected chi connectivity index (χ1v) is 9.17. The number of rotatable bonds is 4. The Morgan fingerprint density at radius 1 is 0.967 bits per heavy atom. The van der Waals surface area contributed by atoms with Gasteiger partial charge in [-0.15, -0.1) is 0 Å². The smallest absolute Gasteiger partial charge is 0.331 e. The highest BCUT2D eigenvalue weighted by molar-refractivity contribution is 6.31. The Morgan fingerprint density at radius 2 is 1.67 bits per heavy atom. The number of benzene rings is 3. The maximum atomic E-state index is 13.1. The number of nitrogens with zero attached hydrogens (tertiary/aromatic N) is 1. The molecule has 0 bridgehead atoms. The molecule has 0 spiro atoms. The van der Waals surface area contributed by atoms with Gasteiger partial charge in [0.2, 0.25) is 0 Å². The van der Waals surface area contributed by atoms with Crippen molar-refractivity contribution < 1.29 is 23.5 Å². The minimum absolute atomic E-state index is 0.0844. The highest BCUT2D eigenvalue weighted by Crippen LogP contribution is 2.30. The second kappa shape index (κ2) is 7.79. The van der Waals surface area contributed by atoms with Crippen molar-refractivity contribution in [2.24, 2.45) is 0 Å². The number of imide groups is 2. The lowest BCUT2D eigenvalue weighted by Crippen LogP contribution is -2.53. The molecule has 0 saturated carbocycles. The first-order chi connectivity index (χ1) is 14.5. The van der Waals surface area contributed by atoms with Gasteiger partial charge in [0, 0.05) is 5.39 Å². The summed E-state index contributed by atoms with van der Waals surface area (Å²) < 4.78 is 18.5. The lowest BCUT2D eigenvalue weighted by atomic mass is 10.00. The van der Waals surface area contributed by atoms with Gasteiger partial charge in [0.25, 0.3) is 11.8 Å². The summed E-state index contributed by atoms with van der Waals surface area (Å²) >= 11 is 0. The third-order valence-electron chi connectivity index (χ3n) is 4.88. The highest BCUT2D eigenvalue weighted by Gasteiger charge is 2.35. The summed E-state index contributed by atoms with van der Waals surface area (Å²) in [5.74, 6) is -1.23. The van der Waals surface area contributed by atoms with Gasteiger partial charge in [0.15, 0.2) is 0 Å². The van der Waals surface area contributed by atoms with Gasteiger partial charge in [-0.05, 0) is 40.8 Å². The minimum atomic E-state index is -0.814. The van der Waals surface area contributed by atoms with E-state index in [1.54, 1.807) is 19.2 Å². The normalized spacial score (nSPS) is 15.6. The van der Waals surface area contributed by atoms with Crippen molar-refractivity contribution in [1.82, 2.24) is 10.2 Å². The molecule has 1 N–H and O–H groups in total. The van der Waals surface area contributed by atoms with Crippen molar-refractivity contribution in [2.45, 2.75) is 6.54 Å². The monoisotopic (exact) mass is 404 g/mol. The summed E-state index contributed by atoms with van der Waals surface area (Å²) in [6.07, 6.45) is 1.46. The van der Waals surface area contributed by atoms with E-state index in [1.807, 2.05) is 24.3 Å². The average Bonchev–Trinajstić information content (AvgIpc) is 2.75. The fraction of sp³-hybridized carbons (Fsp3) is 0.0870. The fourth-order valence-electron chi connectivity index (χ4n) is 3.36. The van der Waals surface area contributed by atoms with Crippen molar-refractivity contribution in [2.75, 3.05) is 7.11 Å². The van der Waals surface area contributed by atoms with Gasteiger partial charge >= 0.3 is 6.03 Å². The zero-order chi connectivity index (χ0) is 21.3. The average molecular weight is 404 g/mol. The van der Waals surface area contributed by atoms with Crippen molar-refractivity contribution in [1.29, 1.82) is 0 Å². The predicted molar refractivity (Wildman–Crippen MR) is 109 cm³/mol. The number of hydrogen-bond acceptors (Lipinski definition) is 4. The van der Waals surface area contributed by atoms with Crippen molar-refractivity contribution in [3.05, 3.63) is 83.2 Å². The Bertz CT molecular complexity index is 1200. The summed E-state index contributed by atoms with van der Waals surface area (Å²) in [6.45, 7) is -0.0844. The summed E-state index contributed by atoms with van der Waals surface area (Å²) in [5, 5.41) is 3.82. The van der Waals surface area contributed by atoms with Crippen LogP contribution < -0.4 is 10.1 Å². The molecule has 6 nitrogen and oxygen atoms in total. The molecule has 1 aliphatic heterocycles. The molecule has 150 valence electrons. The largest absolute Gasteiger partial charge is 0.496 e. The first-order valence-electron chi connectivity index (χ1n) is 9.17. The number of barbiturate groups is 1. The second-order valence-electron chi connectivity index (χ2n) is 6.74. The van der Waals surface area contributed by atoms with Crippen LogP contribution in [-0.2, 0) is 16.1 Å². The van der Waals surface area contributed by atoms with Crippen LogP contribution in [0.25, 0.3) is 16.8 Å². The Hall–Kier alpha value is -4.00. The van der Waals surface area contributed by atoms with Crippen LogP contribution in [-0.4, -0.2) is 29.9 Å². The van der Waals surface area contributed by atoms with E-state index in [2.05, 4.69) is 5.32 Å². The van der Waals surface area contributed by atoms with Gasteiger partial charge in [-0.25, -0.2) is 9.18 Å². The SMILES string of the molecule is COc1ccc(C=C2C(=O)NC(=O)N(Cc3ccc(F)cc3)C2=O)c2ccccc12. The predicted octanol–water partition coefficient (Wildman–Crippen LogP) is 3.65. The van der Waals surface area contributed by atoms with E-state index < -0.39 is 23.7 Å². The van der Waals surface area contributed by atoms with Crippen LogP contribution in [0.1, 0.15) is 11.1 Å². The third kappa shape index (κ3) is 3.53. The zero-order valence-electron chi connectivity index (χ0n) is 16.0. The van der Waals surface area contributed by atoms with Crippen LogP contribution in [0.2, 0.25) is 0 Å². The number of amides is 4. The van der Waals surface area contributed by atoms with Gasteiger partial charge in [0.05, 0.1) is 13.7 Å². The van der Waals surface area contributed by atoms with Crippen LogP contribution >= 0.6 is 0 Å². The molecule has 30 heavy (non-hydrogen) atoms. The van der Waals surface area contributed by atoms with E-state index in [-0.39, 0.29) is 12.1 Å². The quantitative estimate of drug-likeness (QED) is 0.532. The van der Waals surface area contributed by atoms with Crippen LogP contribution in [0.3, 0.4) is 0 Å². The number of halogens is 1. The maximum absolute atomic E-state index is 13.1. The maximum Gasteiger partial charge on any atom is 0.331 e. The van der Waals surface area contributed by atoms with E-state index in [9.17, 15) is 18.8 Å². The topological polar surface area (TPSA) is 75.7 Å². The van der Waals surface area contributed by atoms with Gasteiger partial charge in [-0.3, -0.25) is 19.8 Å². The summed E-state index contributed by atoms with van der Waals surface area (Å²) in [5.41, 5.74) is 1.04. The molecule has 0 atom stereocenters. The second-order valence-corrected chi connectivity index (χ2v) is 6.74. The molecule has 0 aliphatic carbocycles. The highest BCUT2D eigenvalue weighted by atomic mass is 19.1. The molecule has 7 heteroatoms. The number of urea groups is 1. The molecule has 1 heterocycles. The minimum Gasteiger partial charge on any atom is -0.496 e. The van der Waals surface area contributed by atoms with Crippen LogP contribution in [0.5, 0.6) is 5.75 Å². The molecule has 4 amide bonds. The summed E-state index contributed by atoms with van der Waals surface area (Å²) in [4.78, 5) is 38.5. The Labute approximate surface area is 171 Å². The fourth-order valence-corrected chi connectivity index (χ4v) is 3.36. The van der Waals surface area contributed by atoms with Gasteiger partial charge < -0.3 is 4.74 Å². The molecular formula is C23H17FN2O4. The van der Waals surface area contributed by atoms with Crippen LogP contribution in [0, 0.1) is 5.82 Å². The number of methoxy groups -OCH3 is 1. The molecule has 0 unspecified atom stereocenters. The Morgan fingerprint density at radius 3 is 2.37 bits per heavy atom. The van der Waals surface area contributed by atoms with Crippen LogP contribution in [0.15, 0.2) is 66.2 Å². The number of hydrogen-bond donors (Lipinski definition) is 1.